The number of hydrogen-bond acceptors (Lipinski definition) is 1. The second-order valence-electron chi connectivity index (χ2n) is 1.82. The van der Waals surface area contributed by atoms with Crippen LogP contribution in [0.25, 0.3) is 0 Å². The van der Waals surface area contributed by atoms with E-state index in [1.807, 2.05) is 6.07 Å². The van der Waals surface area contributed by atoms with Gasteiger partial charge in [-0.2, -0.15) is 0 Å². The van der Waals surface area contributed by atoms with Crippen molar-refractivity contribution in [2.45, 2.75) is 13.3 Å². The van der Waals surface area contributed by atoms with Crippen LogP contribution in [0.15, 0.2) is 12.3 Å². The Morgan fingerprint density at radius 2 is 2.67 bits per heavy atom. The lowest BCUT2D eigenvalue weighted by molar-refractivity contribution is 0.317. The zero-order valence-corrected chi connectivity index (χ0v) is 5.48. The monoisotopic (exact) mass is 124 g/mol. The Morgan fingerprint density at radius 1 is 1.78 bits per heavy atom. The van der Waals surface area contributed by atoms with Gasteiger partial charge in [0.05, 0.1) is 6.61 Å². The van der Waals surface area contributed by atoms with E-state index in [0.717, 1.165) is 18.8 Å². The summed E-state index contributed by atoms with van der Waals surface area (Å²) >= 11 is 0. The largest absolute Gasteiger partial charge is 0.491 e. The highest BCUT2D eigenvalue weighted by Gasteiger charge is 1.89. The molecule has 49 valence electrons. The highest BCUT2D eigenvalue weighted by molar-refractivity contribution is 5.13. The van der Waals surface area contributed by atoms with Crippen LogP contribution in [0.5, 0.6) is 5.75 Å². The molecule has 0 spiro atoms. The van der Waals surface area contributed by atoms with Gasteiger partial charge in [0.2, 0.25) is 0 Å². The van der Waals surface area contributed by atoms with Gasteiger partial charge in [0.1, 0.15) is 11.9 Å². The van der Waals surface area contributed by atoms with Crippen molar-refractivity contribution in [2.75, 3.05) is 6.61 Å². The van der Waals surface area contributed by atoms with Gasteiger partial charge in [0.25, 0.3) is 0 Å². The zero-order chi connectivity index (χ0) is 6.53. The quantitative estimate of drug-likeness (QED) is 0.650. The fourth-order valence-corrected chi connectivity index (χ4v) is 0.568. The molecule has 0 fully saturated rings. The second kappa shape index (κ2) is 3.17. The summed E-state index contributed by atoms with van der Waals surface area (Å²) in [6.07, 6.45) is 5.66. The Balaban J connectivity index is 2.30. The van der Waals surface area contributed by atoms with Crippen LogP contribution in [-0.2, 0) is 0 Å². The predicted octanol–water partition coefficient (Wildman–Crippen LogP) is 1.60. The van der Waals surface area contributed by atoms with Gasteiger partial charge in [0.15, 0.2) is 0 Å². The molecule has 9 heavy (non-hydrogen) atoms. The second-order valence-corrected chi connectivity index (χ2v) is 1.82. The van der Waals surface area contributed by atoms with Crippen molar-refractivity contribution >= 4 is 0 Å². The molecule has 1 rings (SSSR count). The molecule has 0 saturated carbocycles. The Labute approximate surface area is 54.8 Å². The van der Waals surface area contributed by atoms with Gasteiger partial charge >= 0.3 is 0 Å². The van der Waals surface area contributed by atoms with E-state index in [0.29, 0.717) is 0 Å². The molecule has 0 aliphatic heterocycles. The van der Waals surface area contributed by atoms with Gasteiger partial charge in [0, 0.05) is 6.20 Å². The molecular weight excluding hydrogens is 114 g/mol. The minimum Gasteiger partial charge on any atom is -0.491 e. The summed E-state index contributed by atoms with van der Waals surface area (Å²) in [6, 6.07) is 1.86. The first-order valence-corrected chi connectivity index (χ1v) is 3.11. The van der Waals surface area contributed by atoms with Crippen molar-refractivity contribution in [2.24, 2.45) is 0 Å². The zero-order valence-electron chi connectivity index (χ0n) is 5.48. The summed E-state index contributed by atoms with van der Waals surface area (Å²) < 4.78 is 5.21. The molecule has 2 heteroatoms. The van der Waals surface area contributed by atoms with Gasteiger partial charge in [-0.15, -0.1) is 0 Å². The van der Waals surface area contributed by atoms with Crippen molar-refractivity contribution < 1.29 is 4.74 Å². The summed E-state index contributed by atoms with van der Waals surface area (Å²) in [5.41, 5.74) is 0. The lowest BCUT2D eigenvalue weighted by atomic mass is 10.5. The number of aromatic amines is 1. The van der Waals surface area contributed by atoms with Crippen molar-refractivity contribution in [1.29, 1.82) is 0 Å². The highest BCUT2D eigenvalue weighted by atomic mass is 16.5. The Kier molecular flexibility index (Phi) is 2.19. The molecule has 0 unspecified atom stereocenters. The summed E-state index contributed by atoms with van der Waals surface area (Å²) in [6.45, 7) is 2.85. The molecule has 0 atom stereocenters. The number of aromatic nitrogens is 1. The van der Waals surface area contributed by atoms with Gasteiger partial charge in [-0.25, -0.2) is 0 Å². The van der Waals surface area contributed by atoms with E-state index in [9.17, 15) is 0 Å². The summed E-state index contributed by atoms with van der Waals surface area (Å²) in [5.74, 6) is 0.803. The predicted molar refractivity (Wildman–Crippen MR) is 35.4 cm³/mol. The molecule has 0 amide bonds. The number of ether oxygens (including phenoxy) is 1. The van der Waals surface area contributed by atoms with Crippen LogP contribution in [0.3, 0.4) is 0 Å². The van der Waals surface area contributed by atoms with E-state index < -0.39 is 0 Å². The Hall–Kier alpha value is -0.920. The molecule has 0 saturated heterocycles. The van der Waals surface area contributed by atoms with E-state index in [1.165, 1.54) is 0 Å². The third kappa shape index (κ3) is 1.80. The number of H-pyrrole nitrogens is 1. The molecule has 0 aliphatic carbocycles. The Morgan fingerprint density at radius 3 is 3.22 bits per heavy atom. The minimum absolute atomic E-state index is 0.772. The van der Waals surface area contributed by atoms with Crippen LogP contribution in [0.2, 0.25) is 0 Å². The number of hydrogen-bond donors (Lipinski definition) is 1. The van der Waals surface area contributed by atoms with Gasteiger partial charge in [-0.3, -0.25) is 0 Å². The molecule has 1 radical (unpaired) electrons. The maximum atomic E-state index is 5.21. The maximum absolute atomic E-state index is 5.21. The van der Waals surface area contributed by atoms with Crippen LogP contribution in [0.4, 0.5) is 0 Å². The van der Waals surface area contributed by atoms with E-state index in [4.69, 9.17) is 4.74 Å². The van der Waals surface area contributed by atoms with E-state index in [2.05, 4.69) is 18.1 Å². The summed E-state index contributed by atoms with van der Waals surface area (Å²) in [4.78, 5) is 2.79. The first-order valence-electron chi connectivity index (χ1n) is 3.11. The summed E-state index contributed by atoms with van der Waals surface area (Å²) in [5, 5.41) is 0. The third-order valence-electron chi connectivity index (χ3n) is 0.975. The van der Waals surface area contributed by atoms with Crippen molar-refractivity contribution in [1.82, 2.24) is 4.98 Å². The maximum Gasteiger partial charge on any atom is 0.146 e. The first kappa shape index (κ1) is 6.20. The molecule has 2 nitrogen and oxygen atoms in total. The molecule has 1 heterocycles. The van der Waals surface area contributed by atoms with Crippen LogP contribution >= 0.6 is 0 Å². The molecule has 1 aromatic heterocycles. The van der Waals surface area contributed by atoms with E-state index >= 15 is 0 Å². The average molecular weight is 124 g/mol. The van der Waals surface area contributed by atoms with Crippen molar-refractivity contribution in [3.63, 3.8) is 0 Å². The molecule has 0 aromatic carbocycles. The average Bonchev–Trinajstić information content (AvgIpc) is 2.34. The van der Waals surface area contributed by atoms with Crippen molar-refractivity contribution in [3.05, 3.63) is 18.5 Å². The number of nitrogens with one attached hydrogen (secondary N) is 1. The smallest absolute Gasteiger partial charge is 0.146 e. The molecule has 0 aliphatic rings. The van der Waals surface area contributed by atoms with Crippen LogP contribution < -0.4 is 4.74 Å². The standard InChI is InChI=1S/C7H10NO/c1-2-5-9-7-3-4-8-6-7/h3-4,8H,2,5H2,1H3. The molecule has 0 bridgehead atoms. The SMILES string of the molecule is CCCOc1[c][nH]cc1. The molecule has 1 N–H and O–H groups in total. The number of rotatable bonds is 3. The molecule has 1 aromatic rings. The van der Waals surface area contributed by atoms with E-state index in [-0.39, 0.29) is 0 Å². The Bertz CT molecular complexity index is 146. The summed E-state index contributed by atoms with van der Waals surface area (Å²) in [7, 11) is 0. The van der Waals surface area contributed by atoms with Crippen molar-refractivity contribution in [3.8, 4) is 5.75 Å². The lowest BCUT2D eigenvalue weighted by Crippen LogP contribution is -1.92. The van der Waals surface area contributed by atoms with Crippen LogP contribution in [-0.4, -0.2) is 11.6 Å². The first-order chi connectivity index (χ1) is 4.43. The van der Waals surface area contributed by atoms with E-state index in [1.54, 1.807) is 6.20 Å². The third-order valence-corrected chi connectivity index (χ3v) is 0.975. The lowest BCUT2D eigenvalue weighted by Gasteiger charge is -1.97. The van der Waals surface area contributed by atoms with Gasteiger partial charge in [-0.1, -0.05) is 6.92 Å². The highest BCUT2D eigenvalue weighted by Crippen LogP contribution is 2.05. The van der Waals surface area contributed by atoms with Crippen LogP contribution in [0, 0.1) is 6.20 Å². The fourth-order valence-electron chi connectivity index (χ4n) is 0.568. The van der Waals surface area contributed by atoms with Gasteiger partial charge < -0.3 is 9.72 Å². The normalized spacial score (nSPS) is 9.44. The fraction of sp³-hybridized carbons (Fsp3) is 0.429. The molecular formula is C7H10NO. The van der Waals surface area contributed by atoms with Crippen LogP contribution in [0.1, 0.15) is 13.3 Å². The topological polar surface area (TPSA) is 25.0 Å². The van der Waals surface area contributed by atoms with Gasteiger partial charge in [-0.05, 0) is 12.5 Å². The minimum atomic E-state index is 0.772.